The average molecular weight is 277 g/mol. The van der Waals surface area contributed by atoms with E-state index in [-0.39, 0.29) is 18.0 Å². The van der Waals surface area contributed by atoms with E-state index >= 15 is 0 Å². The van der Waals surface area contributed by atoms with Gasteiger partial charge in [0.1, 0.15) is 0 Å². The Balaban J connectivity index is 1.90. The topological polar surface area (TPSA) is 66.6 Å². The lowest BCUT2D eigenvalue weighted by Crippen LogP contribution is -2.59. The molecular weight excluding hydrogens is 262 g/mol. The number of hydrogen-bond acceptors (Lipinski definition) is 4. The van der Waals surface area contributed by atoms with Crippen LogP contribution in [0, 0.1) is 0 Å². The zero-order chi connectivity index (χ0) is 13.4. The van der Waals surface area contributed by atoms with Crippen LogP contribution in [0.5, 0.6) is 0 Å². The lowest BCUT2D eigenvalue weighted by atomic mass is 10.1. The summed E-state index contributed by atoms with van der Waals surface area (Å²) in [6.45, 7) is 0.715. The number of nitrogens with two attached hydrogens (primary N) is 1. The Hall–Kier alpha value is -1.69. The molecule has 5 nitrogen and oxygen atoms in total. The molecule has 2 heterocycles. The average Bonchev–Trinajstić information content (AvgIpc) is 2.41. The van der Waals surface area contributed by atoms with Gasteiger partial charge in [-0.2, -0.15) is 11.8 Å². The molecule has 2 fully saturated rings. The number of fused-ring (bicyclic) bond motifs is 1. The van der Waals surface area contributed by atoms with E-state index in [4.69, 9.17) is 5.73 Å². The van der Waals surface area contributed by atoms with E-state index in [2.05, 4.69) is 0 Å². The third-order valence-electron chi connectivity index (χ3n) is 3.48. The lowest BCUT2D eigenvalue weighted by Gasteiger charge is -2.42. The predicted octanol–water partition coefficient (Wildman–Crippen LogP) is 1.54. The molecule has 1 aromatic rings. The number of anilines is 2. The van der Waals surface area contributed by atoms with Gasteiger partial charge >= 0.3 is 6.03 Å². The van der Waals surface area contributed by atoms with Gasteiger partial charge in [-0.3, -0.25) is 4.79 Å². The first-order chi connectivity index (χ1) is 9.16. The number of hydrogen-bond donors (Lipinski definition) is 1. The van der Waals surface area contributed by atoms with Crippen molar-refractivity contribution in [1.82, 2.24) is 4.90 Å². The second-order valence-electron chi connectivity index (χ2n) is 4.73. The molecule has 1 atom stereocenters. The summed E-state index contributed by atoms with van der Waals surface area (Å²) >= 11 is 1.80. The maximum Gasteiger partial charge on any atom is 0.331 e. The van der Waals surface area contributed by atoms with Crippen LogP contribution in [0.4, 0.5) is 16.2 Å². The van der Waals surface area contributed by atoms with Crippen molar-refractivity contribution in [2.45, 2.75) is 12.5 Å². The minimum Gasteiger partial charge on any atom is -0.399 e. The van der Waals surface area contributed by atoms with E-state index in [0.717, 1.165) is 11.5 Å². The number of carbonyl (C=O) groups excluding carboxylic acids is 2. The van der Waals surface area contributed by atoms with Crippen LogP contribution in [0.3, 0.4) is 0 Å². The maximum absolute atomic E-state index is 12.4. The van der Waals surface area contributed by atoms with Gasteiger partial charge in [-0.05, 0) is 24.3 Å². The minimum atomic E-state index is -0.202. The van der Waals surface area contributed by atoms with Crippen molar-refractivity contribution >= 4 is 35.1 Å². The summed E-state index contributed by atoms with van der Waals surface area (Å²) in [7, 11) is 0. The standard InChI is InChI=1S/C13H15N3O2S/c14-9-1-3-10(4-2-9)16-12(17)7-11-8-19-6-5-15(11)13(16)18/h1-4,11H,5-8,14H2. The van der Waals surface area contributed by atoms with Gasteiger partial charge in [0, 0.05) is 30.2 Å². The molecule has 0 aliphatic carbocycles. The van der Waals surface area contributed by atoms with Crippen LogP contribution < -0.4 is 10.6 Å². The highest BCUT2D eigenvalue weighted by Gasteiger charge is 2.40. The molecule has 100 valence electrons. The van der Waals surface area contributed by atoms with Crippen LogP contribution in [0.25, 0.3) is 0 Å². The Morgan fingerprint density at radius 1 is 1.21 bits per heavy atom. The smallest absolute Gasteiger partial charge is 0.331 e. The second kappa shape index (κ2) is 4.77. The third kappa shape index (κ3) is 2.16. The first kappa shape index (κ1) is 12.3. The molecule has 1 aromatic carbocycles. The number of thioether (sulfide) groups is 1. The van der Waals surface area contributed by atoms with Crippen molar-refractivity contribution in [2.75, 3.05) is 28.7 Å². The highest BCUT2D eigenvalue weighted by molar-refractivity contribution is 7.99. The molecule has 1 unspecified atom stereocenters. The fourth-order valence-electron chi connectivity index (χ4n) is 2.48. The predicted molar refractivity (Wildman–Crippen MR) is 76.2 cm³/mol. The molecule has 3 amide bonds. The maximum atomic E-state index is 12.4. The highest BCUT2D eigenvalue weighted by Crippen LogP contribution is 2.29. The largest absolute Gasteiger partial charge is 0.399 e. The molecule has 6 heteroatoms. The fraction of sp³-hybridized carbons (Fsp3) is 0.385. The van der Waals surface area contributed by atoms with Crippen LogP contribution in [0.15, 0.2) is 24.3 Å². The summed E-state index contributed by atoms with van der Waals surface area (Å²) < 4.78 is 0. The molecule has 19 heavy (non-hydrogen) atoms. The van der Waals surface area contributed by atoms with Crippen LogP contribution in [-0.2, 0) is 4.79 Å². The van der Waals surface area contributed by atoms with Crippen molar-refractivity contribution in [3.8, 4) is 0 Å². The summed E-state index contributed by atoms with van der Waals surface area (Å²) in [5.74, 6) is 1.66. The normalized spacial score (nSPS) is 23.5. The summed E-state index contributed by atoms with van der Waals surface area (Å²) in [5.41, 5.74) is 6.85. The summed E-state index contributed by atoms with van der Waals surface area (Å²) in [4.78, 5) is 27.7. The first-order valence-electron chi connectivity index (χ1n) is 6.23. The molecule has 2 aliphatic heterocycles. The molecule has 0 aromatic heterocycles. The van der Waals surface area contributed by atoms with Gasteiger partial charge in [-0.15, -0.1) is 0 Å². The van der Waals surface area contributed by atoms with E-state index in [1.165, 1.54) is 4.90 Å². The van der Waals surface area contributed by atoms with Crippen molar-refractivity contribution in [3.05, 3.63) is 24.3 Å². The van der Waals surface area contributed by atoms with Gasteiger partial charge in [0.2, 0.25) is 5.91 Å². The number of benzene rings is 1. The number of imide groups is 1. The minimum absolute atomic E-state index is 0.0591. The number of carbonyl (C=O) groups is 2. The van der Waals surface area contributed by atoms with E-state index < -0.39 is 0 Å². The fourth-order valence-corrected chi connectivity index (χ4v) is 3.54. The van der Waals surface area contributed by atoms with Gasteiger partial charge in [0.15, 0.2) is 0 Å². The summed E-state index contributed by atoms with van der Waals surface area (Å²) in [6, 6.07) is 6.69. The van der Waals surface area contributed by atoms with Crippen molar-refractivity contribution in [2.24, 2.45) is 0 Å². The monoisotopic (exact) mass is 277 g/mol. The molecule has 2 aliphatic rings. The zero-order valence-electron chi connectivity index (χ0n) is 10.4. The van der Waals surface area contributed by atoms with Crippen molar-refractivity contribution in [3.63, 3.8) is 0 Å². The van der Waals surface area contributed by atoms with Crippen LogP contribution in [-0.4, -0.2) is 40.9 Å². The van der Waals surface area contributed by atoms with E-state index in [1.807, 2.05) is 4.90 Å². The number of nitrogens with zero attached hydrogens (tertiary/aromatic N) is 2. The molecule has 0 radical (unpaired) electrons. The van der Waals surface area contributed by atoms with Gasteiger partial charge in [-0.1, -0.05) is 0 Å². The molecule has 2 saturated heterocycles. The third-order valence-corrected chi connectivity index (χ3v) is 4.57. The molecule has 3 rings (SSSR count). The quantitative estimate of drug-likeness (QED) is 0.791. The Labute approximate surface area is 115 Å². The van der Waals surface area contributed by atoms with Gasteiger partial charge < -0.3 is 10.6 Å². The second-order valence-corrected chi connectivity index (χ2v) is 5.88. The summed E-state index contributed by atoms with van der Waals surface area (Å²) in [6.07, 6.45) is 0.406. The number of amides is 3. The van der Waals surface area contributed by atoms with Crippen LogP contribution in [0.1, 0.15) is 6.42 Å². The molecule has 0 saturated carbocycles. The highest BCUT2D eigenvalue weighted by atomic mass is 32.2. The van der Waals surface area contributed by atoms with Gasteiger partial charge in [0.05, 0.1) is 11.7 Å². The van der Waals surface area contributed by atoms with Crippen molar-refractivity contribution < 1.29 is 9.59 Å². The molecule has 0 bridgehead atoms. The van der Waals surface area contributed by atoms with Crippen molar-refractivity contribution in [1.29, 1.82) is 0 Å². The molecular formula is C13H15N3O2S. The van der Waals surface area contributed by atoms with Crippen LogP contribution >= 0.6 is 11.8 Å². The molecule has 2 N–H and O–H groups in total. The lowest BCUT2D eigenvalue weighted by molar-refractivity contribution is -0.120. The van der Waals surface area contributed by atoms with E-state index in [9.17, 15) is 9.59 Å². The van der Waals surface area contributed by atoms with E-state index in [1.54, 1.807) is 36.0 Å². The van der Waals surface area contributed by atoms with Crippen LogP contribution in [0.2, 0.25) is 0 Å². The number of nitrogen functional groups attached to an aromatic ring is 1. The zero-order valence-corrected chi connectivity index (χ0v) is 11.2. The number of urea groups is 1. The number of rotatable bonds is 1. The van der Waals surface area contributed by atoms with Gasteiger partial charge in [-0.25, -0.2) is 9.69 Å². The first-order valence-corrected chi connectivity index (χ1v) is 7.39. The molecule has 0 spiro atoms. The van der Waals surface area contributed by atoms with E-state index in [0.29, 0.717) is 24.3 Å². The Morgan fingerprint density at radius 2 is 1.95 bits per heavy atom. The Morgan fingerprint density at radius 3 is 2.68 bits per heavy atom. The van der Waals surface area contributed by atoms with Gasteiger partial charge in [0.25, 0.3) is 0 Å². The Bertz CT molecular complexity index is 517. The summed E-state index contributed by atoms with van der Waals surface area (Å²) in [5, 5.41) is 0. The Kier molecular flexibility index (Phi) is 3.10. The SMILES string of the molecule is Nc1ccc(N2C(=O)CC3CSCCN3C2=O)cc1.